The van der Waals surface area contributed by atoms with Crippen molar-refractivity contribution in [3.05, 3.63) is 74.7 Å². The number of nitrogens with zero attached hydrogens (tertiary/aromatic N) is 1. The molecule has 176 valence electrons. The number of rotatable bonds is 3. The molecule has 0 unspecified atom stereocenters. The van der Waals surface area contributed by atoms with Gasteiger partial charge in [-0.1, -0.05) is 18.2 Å². The van der Waals surface area contributed by atoms with E-state index in [9.17, 15) is 9.59 Å². The summed E-state index contributed by atoms with van der Waals surface area (Å²) < 4.78 is 5.57. The lowest BCUT2D eigenvalue weighted by Gasteiger charge is -2.37. The molecule has 0 bridgehead atoms. The minimum atomic E-state index is -0.151. The van der Waals surface area contributed by atoms with Crippen LogP contribution < -0.4 is 21.1 Å². The molecule has 2 aliphatic rings. The summed E-state index contributed by atoms with van der Waals surface area (Å²) in [6.07, 6.45) is 6.88. The van der Waals surface area contributed by atoms with Gasteiger partial charge >= 0.3 is 0 Å². The maximum absolute atomic E-state index is 13.3. The molecule has 3 heterocycles. The smallest absolute Gasteiger partial charge is 0.253 e. The van der Waals surface area contributed by atoms with Crippen molar-refractivity contribution in [3.8, 4) is 0 Å². The Bertz CT molecular complexity index is 1070. The monoisotopic (exact) mass is 450 g/mol. The van der Waals surface area contributed by atoms with Crippen LogP contribution in [0, 0.1) is 6.92 Å². The van der Waals surface area contributed by atoms with Gasteiger partial charge in [-0.15, -0.1) is 0 Å². The van der Waals surface area contributed by atoms with Crippen LogP contribution in [0.4, 0.5) is 5.69 Å². The molecular formula is C26H34N4O3. The Hall–Kier alpha value is -2.90. The fraction of sp³-hybridized carbons (Fsp3) is 0.462. The van der Waals surface area contributed by atoms with Gasteiger partial charge in [-0.3, -0.25) is 9.59 Å². The number of pyridine rings is 1. The number of benzene rings is 1. The summed E-state index contributed by atoms with van der Waals surface area (Å²) >= 11 is 0. The van der Waals surface area contributed by atoms with Gasteiger partial charge in [-0.05, 0) is 62.4 Å². The predicted molar refractivity (Wildman–Crippen MR) is 131 cm³/mol. The largest absolute Gasteiger partial charge is 0.381 e. The zero-order valence-corrected chi connectivity index (χ0v) is 19.6. The standard InChI is InChI=1S/C26H34N4O3/c1-3-30(20-10-13-33-14-11-20)24-9-6-8-22-21(24)7-4-5-12-27-16-19-15-18(2)29-26(32)23(19)17-28-25(22)31/h4-6,8-9,15,20,27H,3,7,10-14,16-17H2,1-2H3,(H,28,31)(H,29,32). The zero-order chi connectivity index (χ0) is 23.2. The zero-order valence-electron chi connectivity index (χ0n) is 19.6. The summed E-state index contributed by atoms with van der Waals surface area (Å²) in [7, 11) is 0. The number of ether oxygens (including phenoxy) is 1. The van der Waals surface area contributed by atoms with Crippen molar-refractivity contribution in [2.75, 3.05) is 31.2 Å². The van der Waals surface area contributed by atoms with Crippen LogP contribution in [0.15, 0.2) is 41.2 Å². The second-order valence-electron chi connectivity index (χ2n) is 8.71. The minimum Gasteiger partial charge on any atom is -0.381 e. The van der Waals surface area contributed by atoms with Crippen LogP contribution in [0.1, 0.15) is 52.5 Å². The molecule has 1 aromatic carbocycles. The van der Waals surface area contributed by atoms with Crippen LogP contribution in [-0.2, 0) is 24.2 Å². The van der Waals surface area contributed by atoms with Gasteiger partial charge in [0, 0.05) is 67.9 Å². The first-order valence-electron chi connectivity index (χ1n) is 11.9. The molecule has 2 aliphatic heterocycles. The third-order valence-electron chi connectivity index (χ3n) is 6.53. The van der Waals surface area contributed by atoms with E-state index >= 15 is 0 Å². The Morgan fingerprint density at radius 1 is 1.09 bits per heavy atom. The van der Waals surface area contributed by atoms with Crippen LogP contribution in [0.5, 0.6) is 0 Å². The Morgan fingerprint density at radius 2 is 1.91 bits per heavy atom. The highest BCUT2D eigenvalue weighted by molar-refractivity contribution is 5.97. The topological polar surface area (TPSA) is 86.5 Å². The molecule has 1 aromatic heterocycles. The van der Waals surface area contributed by atoms with Crippen molar-refractivity contribution >= 4 is 11.6 Å². The molecule has 0 spiro atoms. The van der Waals surface area contributed by atoms with E-state index in [1.54, 1.807) is 0 Å². The van der Waals surface area contributed by atoms with Crippen LogP contribution >= 0.6 is 0 Å². The predicted octanol–water partition coefficient (Wildman–Crippen LogP) is 2.82. The molecule has 3 N–H and O–H groups in total. The Labute approximate surface area is 195 Å². The summed E-state index contributed by atoms with van der Waals surface area (Å²) in [5, 5.41) is 6.40. The van der Waals surface area contributed by atoms with Gasteiger partial charge in [-0.25, -0.2) is 0 Å². The van der Waals surface area contributed by atoms with Gasteiger partial charge in [0.05, 0.1) is 0 Å². The number of carbonyl (C=O) groups is 1. The summed E-state index contributed by atoms with van der Waals surface area (Å²) in [6, 6.07) is 8.35. The van der Waals surface area contributed by atoms with E-state index < -0.39 is 0 Å². The van der Waals surface area contributed by atoms with Gasteiger partial charge in [0.25, 0.3) is 11.5 Å². The van der Waals surface area contributed by atoms with Gasteiger partial charge in [0.15, 0.2) is 0 Å². The second-order valence-corrected chi connectivity index (χ2v) is 8.71. The van der Waals surface area contributed by atoms with Crippen molar-refractivity contribution < 1.29 is 9.53 Å². The maximum atomic E-state index is 13.3. The Morgan fingerprint density at radius 3 is 2.70 bits per heavy atom. The Balaban J connectivity index is 1.70. The van der Waals surface area contributed by atoms with Crippen molar-refractivity contribution in [1.82, 2.24) is 15.6 Å². The number of aromatic amines is 1. The van der Waals surface area contributed by atoms with E-state index in [4.69, 9.17) is 4.74 Å². The van der Waals surface area contributed by atoms with Gasteiger partial charge in [-0.2, -0.15) is 0 Å². The number of amides is 1. The molecule has 0 radical (unpaired) electrons. The molecule has 2 aromatic rings. The van der Waals surface area contributed by atoms with Crippen molar-refractivity contribution in [1.29, 1.82) is 0 Å². The molecule has 33 heavy (non-hydrogen) atoms. The number of aryl methyl sites for hydroxylation is 1. The lowest BCUT2D eigenvalue weighted by molar-refractivity contribution is 0.0845. The van der Waals surface area contributed by atoms with Gasteiger partial charge in [0.2, 0.25) is 0 Å². The summed E-state index contributed by atoms with van der Waals surface area (Å²) in [5.74, 6) is -0.151. The molecule has 4 rings (SSSR count). The van der Waals surface area contributed by atoms with E-state index in [0.717, 1.165) is 55.1 Å². The van der Waals surface area contributed by atoms with E-state index in [-0.39, 0.29) is 18.0 Å². The number of H-pyrrole nitrogens is 1. The van der Waals surface area contributed by atoms with Crippen molar-refractivity contribution in [3.63, 3.8) is 0 Å². The summed E-state index contributed by atoms with van der Waals surface area (Å²) in [6.45, 7) is 7.92. The van der Waals surface area contributed by atoms with Crippen LogP contribution in [0.3, 0.4) is 0 Å². The molecule has 1 saturated heterocycles. The highest BCUT2D eigenvalue weighted by atomic mass is 16.5. The van der Waals surface area contributed by atoms with Crippen LogP contribution in [0.2, 0.25) is 0 Å². The highest BCUT2D eigenvalue weighted by Crippen LogP contribution is 2.29. The number of allylic oxidation sites excluding steroid dienone is 1. The molecule has 7 heteroatoms. The number of fused-ring (bicyclic) bond motifs is 2. The highest BCUT2D eigenvalue weighted by Gasteiger charge is 2.25. The third-order valence-corrected chi connectivity index (χ3v) is 6.53. The molecular weight excluding hydrogens is 416 g/mol. The number of hydrogen-bond donors (Lipinski definition) is 3. The fourth-order valence-electron chi connectivity index (χ4n) is 4.87. The first-order valence-corrected chi connectivity index (χ1v) is 11.9. The average Bonchev–Trinajstić information content (AvgIpc) is 2.83. The molecule has 0 saturated carbocycles. The second kappa shape index (κ2) is 10.8. The first-order chi connectivity index (χ1) is 16.1. The van der Waals surface area contributed by atoms with Crippen molar-refractivity contribution in [2.24, 2.45) is 0 Å². The van der Waals surface area contributed by atoms with E-state index in [2.05, 4.69) is 45.7 Å². The lowest BCUT2D eigenvalue weighted by Crippen LogP contribution is -2.40. The molecule has 1 fully saturated rings. The molecule has 0 atom stereocenters. The Kier molecular flexibility index (Phi) is 7.62. The fourth-order valence-corrected chi connectivity index (χ4v) is 4.87. The number of aromatic nitrogens is 1. The number of carbonyl (C=O) groups excluding carboxylic acids is 1. The quantitative estimate of drug-likeness (QED) is 0.626. The molecule has 0 aliphatic carbocycles. The number of anilines is 1. The maximum Gasteiger partial charge on any atom is 0.253 e. The SMILES string of the molecule is CCN(c1cccc2c1CC=CCNCc1cc(C)[nH]c(=O)c1CNC2=O)C1CCOCC1. The van der Waals surface area contributed by atoms with E-state index in [0.29, 0.717) is 36.7 Å². The summed E-state index contributed by atoms with van der Waals surface area (Å²) in [5.41, 5.74) is 4.97. The third kappa shape index (κ3) is 5.37. The van der Waals surface area contributed by atoms with Crippen LogP contribution in [0.25, 0.3) is 0 Å². The van der Waals surface area contributed by atoms with E-state index in [1.807, 2.05) is 25.1 Å². The normalized spacial score (nSPS) is 17.7. The molecule has 1 amide bonds. The minimum absolute atomic E-state index is 0.150. The average molecular weight is 451 g/mol. The number of nitrogens with one attached hydrogen (secondary N) is 3. The van der Waals surface area contributed by atoms with Gasteiger partial charge in [0.1, 0.15) is 0 Å². The van der Waals surface area contributed by atoms with Crippen molar-refractivity contribution in [2.45, 2.75) is 52.2 Å². The first kappa shape index (κ1) is 23.3. The molecule has 7 nitrogen and oxygen atoms in total. The van der Waals surface area contributed by atoms with E-state index in [1.165, 1.54) is 0 Å². The summed E-state index contributed by atoms with van der Waals surface area (Å²) in [4.78, 5) is 31.2. The lowest BCUT2D eigenvalue weighted by atomic mass is 9.97. The number of hydrogen-bond acceptors (Lipinski definition) is 5. The van der Waals surface area contributed by atoms with Gasteiger partial charge < -0.3 is 25.3 Å². The van der Waals surface area contributed by atoms with Crippen LogP contribution in [-0.4, -0.2) is 43.2 Å².